The molecule has 0 unspecified atom stereocenters. The molecule has 0 aliphatic heterocycles. The Morgan fingerprint density at radius 2 is 1.85 bits per heavy atom. The molecule has 6 heteroatoms. The molecule has 6 nitrogen and oxygen atoms in total. The number of aromatic nitrogens is 2. The summed E-state index contributed by atoms with van der Waals surface area (Å²) in [5.74, 6) is -0.731. The van der Waals surface area contributed by atoms with Crippen LogP contribution in [-0.2, 0) is 4.74 Å². The normalized spacial score (nSPS) is 10.5. The Balaban J connectivity index is 1.89. The average Bonchev–Trinajstić information content (AvgIpc) is 3.04. The lowest BCUT2D eigenvalue weighted by Crippen LogP contribution is -2.14. The highest BCUT2D eigenvalue weighted by Gasteiger charge is 2.17. The lowest BCUT2D eigenvalue weighted by atomic mass is 10.1. The second-order valence-electron chi connectivity index (χ2n) is 6.37. The molecule has 0 aliphatic carbocycles. The zero-order valence-electron chi connectivity index (χ0n) is 15.7. The minimum absolute atomic E-state index is 0.281. The minimum Gasteiger partial charge on any atom is -0.465 e. The number of benzene rings is 2. The van der Waals surface area contributed by atoms with Crippen LogP contribution in [0.15, 0.2) is 48.7 Å². The van der Waals surface area contributed by atoms with Gasteiger partial charge in [-0.3, -0.25) is 4.79 Å². The number of hydrogen-bond donors (Lipinski definition) is 1. The van der Waals surface area contributed by atoms with E-state index in [0.29, 0.717) is 16.8 Å². The second-order valence-corrected chi connectivity index (χ2v) is 6.37. The number of rotatable bonds is 4. The second kappa shape index (κ2) is 7.45. The van der Waals surface area contributed by atoms with Crippen molar-refractivity contribution in [2.45, 2.75) is 20.8 Å². The molecule has 27 heavy (non-hydrogen) atoms. The van der Waals surface area contributed by atoms with Crippen LogP contribution in [-0.4, -0.2) is 28.8 Å². The van der Waals surface area contributed by atoms with Crippen LogP contribution in [0.2, 0.25) is 0 Å². The molecule has 0 saturated carbocycles. The number of esters is 1. The fourth-order valence-electron chi connectivity index (χ4n) is 2.84. The van der Waals surface area contributed by atoms with Gasteiger partial charge in [0.15, 0.2) is 0 Å². The van der Waals surface area contributed by atoms with Crippen molar-refractivity contribution < 1.29 is 14.3 Å². The molecule has 2 aromatic carbocycles. The van der Waals surface area contributed by atoms with Crippen LogP contribution in [0.5, 0.6) is 0 Å². The van der Waals surface area contributed by atoms with E-state index in [0.717, 1.165) is 22.5 Å². The Morgan fingerprint density at radius 1 is 1.07 bits per heavy atom. The van der Waals surface area contributed by atoms with Gasteiger partial charge in [0.1, 0.15) is 0 Å². The first kappa shape index (κ1) is 18.4. The number of nitrogens with one attached hydrogen (secondary N) is 1. The molecule has 0 radical (unpaired) electrons. The van der Waals surface area contributed by atoms with Gasteiger partial charge in [-0.1, -0.05) is 18.2 Å². The number of carbonyl (C=O) groups is 2. The monoisotopic (exact) mass is 363 g/mol. The number of methoxy groups -OCH3 is 1. The van der Waals surface area contributed by atoms with Gasteiger partial charge >= 0.3 is 5.97 Å². The Morgan fingerprint density at radius 3 is 2.56 bits per heavy atom. The van der Waals surface area contributed by atoms with Gasteiger partial charge in [0, 0.05) is 5.69 Å². The highest BCUT2D eigenvalue weighted by Crippen LogP contribution is 2.20. The number of carbonyl (C=O) groups excluding carboxylic acids is 2. The molecule has 0 aliphatic rings. The van der Waals surface area contributed by atoms with Crippen molar-refractivity contribution >= 4 is 17.6 Å². The summed E-state index contributed by atoms with van der Waals surface area (Å²) in [6.07, 6.45) is 1.55. The third kappa shape index (κ3) is 3.74. The van der Waals surface area contributed by atoms with Crippen LogP contribution in [0, 0.1) is 20.8 Å². The number of aryl methyl sites for hydroxylation is 2. The van der Waals surface area contributed by atoms with Crippen molar-refractivity contribution in [1.82, 2.24) is 9.78 Å². The summed E-state index contributed by atoms with van der Waals surface area (Å²) in [5, 5.41) is 7.22. The predicted octanol–water partition coefficient (Wildman–Crippen LogP) is 3.84. The Kier molecular flexibility index (Phi) is 5.07. The van der Waals surface area contributed by atoms with Crippen LogP contribution >= 0.6 is 0 Å². The lowest BCUT2D eigenvalue weighted by molar-refractivity contribution is 0.0600. The molecule has 1 amide bonds. The van der Waals surface area contributed by atoms with Crippen LogP contribution in [0.3, 0.4) is 0 Å². The number of amides is 1. The summed E-state index contributed by atoms with van der Waals surface area (Å²) in [7, 11) is 1.32. The molecule has 1 aromatic heterocycles. The zero-order chi connectivity index (χ0) is 19.6. The van der Waals surface area contributed by atoms with E-state index < -0.39 is 5.97 Å². The molecule has 0 saturated heterocycles. The third-order valence-electron chi connectivity index (χ3n) is 4.41. The van der Waals surface area contributed by atoms with Crippen LogP contribution in [0.1, 0.15) is 37.5 Å². The maximum atomic E-state index is 12.8. The molecular formula is C21H21N3O3. The van der Waals surface area contributed by atoms with Crippen molar-refractivity contribution in [3.05, 3.63) is 76.6 Å². The number of hydrogen-bond acceptors (Lipinski definition) is 4. The lowest BCUT2D eigenvalue weighted by Gasteiger charge is -2.10. The van der Waals surface area contributed by atoms with E-state index in [4.69, 9.17) is 4.74 Å². The Bertz CT molecular complexity index is 1020. The van der Waals surface area contributed by atoms with Gasteiger partial charge < -0.3 is 10.1 Å². The summed E-state index contributed by atoms with van der Waals surface area (Å²) in [4.78, 5) is 24.5. The first-order valence-corrected chi connectivity index (χ1v) is 8.52. The van der Waals surface area contributed by atoms with E-state index >= 15 is 0 Å². The molecule has 3 rings (SSSR count). The molecule has 138 valence electrons. The van der Waals surface area contributed by atoms with Gasteiger partial charge in [-0.15, -0.1) is 0 Å². The van der Waals surface area contributed by atoms with E-state index in [1.165, 1.54) is 7.11 Å². The maximum absolute atomic E-state index is 12.8. The van der Waals surface area contributed by atoms with Gasteiger partial charge in [0.25, 0.3) is 5.91 Å². The van der Waals surface area contributed by atoms with E-state index in [1.807, 2.05) is 45.0 Å². The molecular weight excluding hydrogens is 342 g/mol. The number of anilines is 1. The standard InChI is InChI=1S/C21H21N3O3/c1-13-6-5-7-17(10-13)24-15(3)18(12-22-24)20(25)23-19-11-16(21(26)27-4)9-8-14(19)2/h5-12H,1-4H3,(H,23,25). The van der Waals surface area contributed by atoms with Crippen LogP contribution < -0.4 is 5.32 Å². The number of ether oxygens (including phenoxy) is 1. The third-order valence-corrected chi connectivity index (χ3v) is 4.41. The highest BCUT2D eigenvalue weighted by atomic mass is 16.5. The van der Waals surface area contributed by atoms with Gasteiger partial charge in [0.2, 0.25) is 0 Å². The van der Waals surface area contributed by atoms with Crippen LogP contribution in [0.4, 0.5) is 5.69 Å². The van der Waals surface area contributed by atoms with E-state index in [1.54, 1.807) is 29.1 Å². The molecule has 3 aromatic rings. The number of nitrogens with zero attached hydrogens (tertiary/aromatic N) is 2. The van der Waals surface area contributed by atoms with Crippen molar-refractivity contribution in [2.75, 3.05) is 12.4 Å². The van der Waals surface area contributed by atoms with Gasteiger partial charge in [-0.2, -0.15) is 5.10 Å². The van der Waals surface area contributed by atoms with Crippen molar-refractivity contribution in [3.63, 3.8) is 0 Å². The van der Waals surface area contributed by atoms with Crippen molar-refractivity contribution in [3.8, 4) is 5.69 Å². The largest absolute Gasteiger partial charge is 0.465 e. The first-order valence-electron chi connectivity index (χ1n) is 8.52. The smallest absolute Gasteiger partial charge is 0.337 e. The van der Waals surface area contributed by atoms with E-state index in [9.17, 15) is 9.59 Å². The molecule has 0 atom stereocenters. The maximum Gasteiger partial charge on any atom is 0.337 e. The van der Waals surface area contributed by atoms with E-state index in [-0.39, 0.29) is 5.91 Å². The van der Waals surface area contributed by atoms with Gasteiger partial charge in [-0.25, -0.2) is 9.48 Å². The van der Waals surface area contributed by atoms with Crippen LogP contribution in [0.25, 0.3) is 5.69 Å². The first-order chi connectivity index (χ1) is 12.9. The van der Waals surface area contributed by atoms with Crippen molar-refractivity contribution in [1.29, 1.82) is 0 Å². The minimum atomic E-state index is -0.450. The zero-order valence-corrected chi connectivity index (χ0v) is 15.7. The molecule has 0 bridgehead atoms. The van der Waals surface area contributed by atoms with Gasteiger partial charge in [0.05, 0.1) is 35.8 Å². The fraction of sp³-hybridized carbons (Fsp3) is 0.190. The van der Waals surface area contributed by atoms with E-state index in [2.05, 4.69) is 10.4 Å². The SMILES string of the molecule is COC(=O)c1ccc(C)c(NC(=O)c2cnn(-c3cccc(C)c3)c2C)c1. The average molecular weight is 363 g/mol. The predicted molar refractivity (Wildman–Crippen MR) is 104 cm³/mol. The molecule has 0 fully saturated rings. The Hall–Kier alpha value is -3.41. The molecule has 1 N–H and O–H groups in total. The summed E-state index contributed by atoms with van der Waals surface area (Å²) in [5.41, 5.74) is 5.01. The van der Waals surface area contributed by atoms with Gasteiger partial charge in [-0.05, 0) is 56.2 Å². The highest BCUT2D eigenvalue weighted by molar-refractivity contribution is 6.06. The summed E-state index contributed by atoms with van der Waals surface area (Å²) >= 11 is 0. The summed E-state index contributed by atoms with van der Waals surface area (Å²) < 4.78 is 6.47. The topological polar surface area (TPSA) is 73.2 Å². The summed E-state index contributed by atoms with van der Waals surface area (Å²) in [6.45, 7) is 5.72. The summed E-state index contributed by atoms with van der Waals surface area (Å²) in [6, 6.07) is 13.0. The fourth-order valence-corrected chi connectivity index (χ4v) is 2.84. The molecule has 1 heterocycles. The molecule has 0 spiro atoms. The quantitative estimate of drug-likeness (QED) is 0.715. The van der Waals surface area contributed by atoms with Crippen molar-refractivity contribution in [2.24, 2.45) is 0 Å². The Labute approximate surface area is 157 Å².